The van der Waals surface area contributed by atoms with Gasteiger partial charge in [-0.1, -0.05) is 77.3 Å². The smallest absolute Gasteiger partial charge is 0.339 e. The summed E-state index contributed by atoms with van der Waals surface area (Å²) in [6.07, 6.45) is 12.1. The summed E-state index contributed by atoms with van der Waals surface area (Å²) >= 11 is 0. The SMILES string of the molecule is CCCCCCCCCOC(=O)c1ccccc1C(=O)OC(C)CCCCC. The largest absolute Gasteiger partial charge is 0.462 e. The molecule has 0 aliphatic heterocycles. The molecule has 4 heteroatoms. The van der Waals surface area contributed by atoms with Gasteiger partial charge < -0.3 is 9.47 Å². The van der Waals surface area contributed by atoms with Crippen molar-refractivity contribution in [3.8, 4) is 0 Å². The fourth-order valence-electron chi connectivity index (χ4n) is 3.13. The van der Waals surface area contributed by atoms with Crippen LogP contribution < -0.4 is 0 Å². The zero-order chi connectivity index (χ0) is 20.6. The minimum Gasteiger partial charge on any atom is -0.462 e. The minimum atomic E-state index is -0.451. The van der Waals surface area contributed by atoms with Crippen LogP contribution in [0, 0.1) is 0 Å². The first-order chi connectivity index (χ1) is 13.6. The van der Waals surface area contributed by atoms with E-state index in [1.54, 1.807) is 24.3 Å². The third-order valence-corrected chi connectivity index (χ3v) is 4.87. The molecule has 0 fully saturated rings. The molecule has 0 bridgehead atoms. The summed E-state index contributed by atoms with van der Waals surface area (Å²) in [6, 6.07) is 6.74. The highest BCUT2D eigenvalue weighted by Gasteiger charge is 2.20. The van der Waals surface area contributed by atoms with E-state index in [0.29, 0.717) is 6.61 Å². The molecule has 28 heavy (non-hydrogen) atoms. The summed E-state index contributed by atoms with van der Waals surface area (Å²) in [5.41, 5.74) is 0.575. The molecule has 0 radical (unpaired) electrons. The molecular formula is C24H38O4. The number of rotatable bonds is 15. The molecule has 0 spiro atoms. The molecule has 0 amide bonds. The minimum absolute atomic E-state index is 0.157. The second-order valence-corrected chi connectivity index (χ2v) is 7.51. The molecule has 0 heterocycles. The van der Waals surface area contributed by atoms with Crippen LogP contribution in [0.2, 0.25) is 0 Å². The van der Waals surface area contributed by atoms with Gasteiger partial charge in [-0.15, -0.1) is 0 Å². The van der Waals surface area contributed by atoms with Crippen LogP contribution >= 0.6 is 0 Å². The quantitative estimate of drug-likeness (QED) is 0.246. The lowest BCUT2D eigenvalue weighted by molar-refractivity contribution is 0.0307. The van der Waals surface area contributed by atoms with Gasteiger partial charge in [0.15, 0.2) is 0 Å². The number of carbonyl (C=O) groups is 2. The number of hydrogen-bond donors (Lipinski definition) is 0. The van der Waals surface area contributed by atoms with Crippen LogP contribution in [0.4, 0.5) is 0 Å². The van der Waals surface area contributed by atoms with Crippen LogP contribution in [0.5, 0.6) is 0 Å². The van der Waals surface area contributed by atoms with Crippen LogP contribution in [0.3, 0.4) is 0 Å². The number of unbranched alkanes of at least 4 members (excludes halogenated alkanes) is 8. The zero-order valence-electron chi connectivity index (χ0n) is 18.0. The molecular weight excluding hydrogens is 352 g/mol. The first kappa shape index (κ1) is 24.2. The van der Waals surface area contributed by atoms with E-state index in [0.717, 1.165) is 38.5 Å². The summed E-state index contributed by atoms with van der Waals surface area (Å²) < 4.78 is 10.9. The Bertz CT molecular complexity index is 567. The van der Waals surface area contributed by atoms with Crippen LogP contribution in [-0.4, -0.2) is 24.6 Å². The Hall–Kier alpha value is -1.84. The summed E-state index contributed by atoms with van der Waals surface area (Å²) in [4.78, 5) is 24.9. The van der Waals surface area contributed by atoms with Gasteiger partial charge in [0.1, 0.15) is 0 Å². The fourth-order valence-corrected chi connectivity index (χ4v) is 3.13. The average Bonchev–Trinajstić information content (AvgIpc) is 2.70. The van der Waals surface area contributed by atoms with Crippen molar-refractivity contribution in [2.24, 2.45) is 0 Å². The van der Waals surface area contributed by atoms with Crippen molar-refractivity contribution >= 4 is 11.9 Å². The number of hydrogen-bond acceptors (Lipinski definition) is 4. The molecule has 4 nitrogen and oxygen atoms in total. The molecule has 0 saturated carbocycles. The Morgan fingerprint density at radius 1 is 0.786 bits per heavy atom. The normalized spacial score (nSPS) is 11.8. The first-order valence-corrected chi connectivity index (χ1v) is 11.1. The van der Waals surface area contributed by atoms with Gasteiger partial charge in [0.2, 0.25) is 0 Å². The van der Waals surface area contributed by atoms with Crippen molar-refractivity contribution < 1.29 is 19.1 Å². The molecule has 158 valence electrons. The average molecular weight is 391 g/mol. The number of ether oxygens (including phenoxy) is 2. The van der Waals surface area contributed by atoms with Gasteiger partial charge in [-0.2, -0.15) is 0 Å². The lowest BCUT2D eigenvalue weighted by Crippen LogP contribution is -2.18. The van der Waals surface area contributed by atoms with Gasteiger partial charge >= 0.3 is 11.9 Å². The molecule has 1 aromatic rings. The van der Waals surface area contributed by atoms with Crippen LogP contribution in [0.1, 0.15) is 112 Å². The molecule has 1 aromatic carbocycles. The third-order valence-electron chi connectivity index (χ3n) is 4.87. The van der Waals surface area contributed by atoms with Crippen molar-refractivity contribution in [2.75, 3.05) is 6.61 Å². The van der Waals surface area contributed by atoms with Crippen LogP contribution in [0.25, 0.3) is 0 Å². The van der Waals surface area contributed by atoms with Gasteiger partial charge in [-0.25, -0.2) is 9.59 Å². The van der Waals surface area contributed by atoms with E-state index in [4.69, 9.17) is 9.47 Å². The van der Waals surface area contributed by atoms with Gasteiger partial charge in [0, 0.05) is 0 Å². The maximum Gasteiger partial charge on any atom is 0.339 e. The van der Waals surface area contributed by atoms with Gasteiger partial charge in [-0.05, 0) is 38.3 Å². The van der Waals surface area contributed by atoms with Crippen molar-refractivity contribution in [3.05, 3.63) is 35.4 Å². The Morgan fingerprint density at radius 2 is 1.32 bits per heavy atom. The Balaban J connectivity index is 2.44. The molecule has 0 aliphatic carbocycles. The Labute approximate surface area is 171 Å². The predicted molar refractivity (Wildman–Crippen MR) is 114 cm³/mol. The zero-order valence-corrected chi connectivity index (χ0v) is 18.0. The van der Waals surface area contributed by atoms with Crippen molar-refractivity contribution in [2.45, 2.75) is 97.5 Å². The van der Waals surface area contributed by atoms with Gasteiger partial charge in [0.05, 0.1) is 23.8 Å². The third kappa shape index (κ3) is 9.91. The maximum atomic E-state index is 12.5. The predicted octanol–water partition coefficient (Wildman–Crippen LogP) is 6.72. The maximum absolute atomic E-state index is 12.5. The van der Waals surface area contributed by atoms with E-state index in [2.05, 4.69) is 13.8 Å². The Kier molecular flexibility index (Phi) is 13.1. The molecule has 1 unspecified atom stereocenters. The van der Waals surface area contributed by atoms with E-state index < -0.39 is 11.9 Å². The highest BCUT2D eigenvalue weighted by atomic mass is 16.5. The number of esters is 2. The summed E-state index contributed by atoms with van der Waals surface area (Å²) in [7, 11) is 0. The Morgan fingerprint density at radius 3 is 1.96 bits per heavy atom. The highest BCUT2D eigenvalue weighted by molar-refractivity contribution is 6.03. The molecule has 0 aromatic heterocycles. The van der Waals surface area contributed by atoms with Crippen LogP contribution in [0.15, 0.2) is 24.3 Å². The molecule has 1 atom stereocenters. The lowest BCUT2D eigenvalue weighted by atomic mass is 10.1. The monoisotopic (exact) mass is 390 g/mol. The summed E-state index contributed by atoms with van der Waals surface area (Å²) in [6.45, 7) is 6.64. The number of carbonyl (C=O) groups excluding carboxylic acids is 2. The van der Waals surface area contributed by atoms with E-state index in [-0.39, 0.29) is 17.2 Å². The summed E-state index contributed by atoms with van der Waals surface area (Å²) in [5, 5.41) is 0. The molecule has 1 rings (SSSR count). The van der Waals surface area contributed by atoms with E-state index in [1.165, 1.54) is 32.1 Å². The lowest BCUT2D eigenvalue weighted by Gasteiger charge is -2.14. The van der Waals surface area contributed by atoms with Crippen molar-refractivity contribution in [1.82, 2.24) is 0 Å². The topological polar surface area (TPSA) is 52.6 Å². The molecule has 0 N–H and O–H groups in total. The second-order valence-electron chi connectivity index (χ2n) is 7.51. The molecule has 0 saturated heterocycles. The van der Waals surface area contributed by atoms with Gasteiger partial charge in [0.25, 0.3) is 0 Å². The van der Waals surface area contributed by atoms with Crippen LogP contribution in [-0.2, 0) is 9.47 Å². The van der Waals surface area contributed by atoms with E-state index in [9.17, 15) is 9.59 Å². The molecule has 0 aliphatic rings. The van der Waals surface area contributed by atoms with E-state index in [1.807, 2.05) is 6.92 Å². The summed E-state index contributed by atoms with van der Waals surface area (Å²) in [5.74, 6) is -0.898. The van der Waals surface area contributed by atoms with E-state index >= 15 is 0 Å². The number of benzene rings is 1. The van der Waals surface area contributed by atoms with Crippen molar-refractivity contribution in [3.63, 3.8) is 0 Å². The fraction of sp³-hybridized carbons (Fsp3) is 0.667. The van der Waals surface area contributed by atoms with Gasteiger partial charge in [-0.3, -0.25) is 0 Å². The first-order valence-electron chi connectivity index (χ1n) is 11.1. The highest BCUT2D eigenvalue weighted by Crippen LogP contribution is 2.15. The standard InChI is InChI=1S/C24H38O4/c1-4-6-8-9-10-11-15-19-27-23(25)21-17-13-14-18-22(21)24(26)28-20(3)16-12-7-5-2/h13-14,17-18,20H,4-12,15-16,19H2,1-3H3. The van der Waals surface area contributed by atoms with Crippen molar-refractivity contribution in [1.29, 1.82) is 0 Å². The second kappa shape index (κ2) is 15.1.